The normalized spacial score (nSPS) is 21.4. The monoisotopic (exact) mass is 329 g/mol. The molecule has 1 aromatic carbocycles. The number of aromatic nitrogens is 4. The number of carboxylic acids is 1. The number of amides is 1. The van der Waals surface area contributed by atoms with Crippen molar-refractivity contribution in [2.24, 2.45) is 5.92 Å². The lowest BCUT2D eigenvalue weighted by Gasteiger charge is -2.15. The van der Waals surface area contributed by atoms with Gasteiger partial charge in [-0.25, -0.2) is 0 Å². The molecular weight excluding hydrogens is 310 g/mol. The zero-order chi connectivity index (χ0) is 17.1. The van der Waals surface area contributed by atoms with E-state index in [9.17, 15) is 9.59 Å². The number of nitrogens with zero attached hydrogens (tertiary/aromatic N) is 4. The Bertz CT molecular complexity index is 730. The summed E-state index contributed by atoms with van der Waals surface area (Å²) in [6, 6.07) is 8.68. The highest BCUT2D eigenvalue weighted by molar-refractivity contribution is 5.80. The van der Waals surface area contributed by atoms with Crippen LogP contribution >= 0.6 is 0 Å². The van der Waals surface area contributed by atoms with Crippen LogP contribution in [0.2, 0.25) is 0 Å². The van der Waals surface area contributed by atoms with Gasteiger partial charge in [0.15, 0.2) is 0 Å². The van der Waals surface area contributed by atoms with Gasteiger partial charge >= 0.3 is 5.97 Å². The molecule has 24 heavy (non-hydrogen) atoms. The summed E-state index contributed by atoms with van der Waals surface area (Å²) in [5, 5.41) is 24.1. The second-order valence-corrected chi connectivity index (χ2v) is 6.03. The highest BCUT2D eigenvalue weighted by atomic mass is 16.4. The Labute approximate surface area is 138 Å². The van der Waals surface area contributed by atoms with Crippen LogP contribution in [-0.4, -0.2) is 43.2 Å². The largest absolute Gasteiger partial charge is 0.481 e. The number of hydrogen-bond donors (Lipinski definition) is 2. The molecule has 0 spiro atoms. The highest BCUT2D eigenvalue weighted by Crippen LogP contribution is 2.26. The van der Waals surface area contributed by atoms with E-state index in [0.29, 0.717) is 25.1 Å². The van der Waals surface area contributed by atoms with E-state index in [4.69, 9.17) is 5.11 Å². The Morgan fingerprint density at radius 1 is 1.29 bits per heavy atom. The second kappa shape index (κ2) is 6.77. The van der Waals surface area contributed by atoms with Crippen molar-refractivity contribution in [3.63, 3.8) is 0 Å². The van der Waals surface area contributed by atoms with Gasteiger partial charge in [-0.3, -0.25) is 9.59 Å². The van der Waals surface area contributed by atoms with Gasteiger partial charge in [0.2, 0.25) is 11.7 Å². The van der Waals surface area contributed by atoms with Crippen molar-refractivity contribution in [1.29, 1.82) is 0 Å². The van der Waals surface area contributed by atoms with Crippen molar-refractivity contribution in [2.75, 3.05) is 0 Å². The van der Waals surface area contributed by atoms with E-state index < -0.39 is 12.0 Å². The van der Waals surface area contributed by atoms with E-state index in [-0.39, 0.29) is 17.9 Å². The lowest BCUT2D eigenvalue weighted by molar-refractivity contribution is -0.141. The minimum atomic E-state index is -0.801. The van der Waals surface area contributed by atoms with Crippen molar-refractivity contribution >= 4 is 11.9 Å². The van der Waals surface area contributed by atoms with Gasteiger partial charge in [0.25, 0.3) is 0 Å². The number of hydrogen-bond acceptors (Lipinski definition) is 5. The fraction of sp³-hybridized carbons (Fsp3) is 0.438. The third kappa shape index (κ3) is 3.42. The van der Waals surface area contributed by atoms with Crippen molar-refractivity contribution in [3.8, 4) is 11.4 Å². The minimum Gasteiger partial charge on any atom is -0.481 e. The fourth-order valence-electron chi connectivity index (χ4n) is 2.86. The van der Waals surface area contributed by atoms with E-state index in [1.54, 1.807) is 6.92 Å². The summed E-state index contributed by atoms with van der Waals surface area (Å²) in [5.41, 5.74) is 0.830. The van der Waals surface area contributed by atoms with Gasteiger partial charge in [-0.15, -0.1) is 10.2 Å². The molecule has 2 aromatic rings. The van der Waals surface area contributed by atoms with E-state index in [1.165, 1.54) is 4.80 Å². The standard InChI is InChI=1S/C16H19N5O3/c1-10(15(22)17-13-8-7-12(9-13)16(23)24)21-19-14(18-20-21)11-5-3-2-4-6-11/h2-6,10,12-13H,7-9H2,1H3,(H,17,22)(H,23,24)/t10?,12-,13+/m0/s1. The zero-order valence-corrected chi connectivity index (χ0v) is 13.3. The van der Waals surface area contributed by atoms with Crippen LogP contribution in [0.4, 0.5) is 0 Å². The smallest absolute Gasteiger partial charge is 0.306 e. The SMILES string of the molecule is CC(C(=O)N[C@@H]1CC[C@H](C(=O)O)C1)n1nnc(-c2ccccc2)n1. The summed E-state index contributed by atoms with van der Waals surface area (Å²) in [4.78, 5) is 24.6. The van der Waals surface area contributed by atoms with Gasteiger partial charge in [0, 0.05) is 11.6 Å². The molecule has 1 fully saturated rings. The third-order valence-corrected chi connectivity index (χ3v) is 4.31. The summed E-state index contributed by atoms with van der Waals surface area (Å²) in [7, 11) is 0. The molecule has 3 atom stereocenters. The Kier molecular flexibility index (Phi) is 4.54. The molecule has 8 heteroatoms. The molecule has 126 valence electrons. The van der Waals surface area contributed by atoms with Gasteiger partial charge in [-0.2, -0.15) is 4.80 Å². The van der Waals surface area contributed by atoms with Crippen LogP contribution in [-0.2, 0) is 9.59 Å². The summed E-state index contributed by atoms with van der Waals surface area (Å²) in [6.07, 6.45) is 1.73. The molecule has 1 unspecified atom stereocenters. The summed E-state index contributed by atoms with van der Waals surface area (Å²) >= 11 is 0. The van der Waals surface area contributed by atoms with Crippen LogP contribution in [0, 0.1) is 5.92 Å². The molecule has 1 aliphatic rings. The maximum Gasteiger partial charge on any atom is 0.306 e. The molecule has 0 radical (unpaired) electrons. The predicted octanol–water partition coefficient (Wildman–Crippen LogP) is 1.27. The highest BCUT2D eigenvalue weighted by Gasteiger charge is 2.31. The summed E-state index contributed by atoms with van der Waals surface area (Å²) < 4.78 is 0. The number of benzene rings is 1. The Morgan fingerprint density at radius 2 is 2.04 bits per heavy atom. The third-order valence-electron chi connectivity index (χ3n) is 4.31. The Balaban J connectivity index is 1.62. The first-order valence-corrected chi connectivity index (χ1v) is 7.92. The molecule has 2 N–H and O–H groups in total. The molecule has 1 heterocycles. The number of carbonyl (C=O) groups is 2. The van der Waals surface area contributed by atoms with E-state index in [0.717, 1.165) is 5.56 Å². The van der Waals surface area contributed by atoms with Crippen LogP contribution < -0.4 is 5.32 Å². The van der Waals surface area contributed by atoms with E-state index in [1.807, 2.05) is 30.3 Å². The molecule has 1 amide bonds. The predicted molar refractivity (Wildman–Crippen MR) is 84.9 cm³/mol. The number of aliphatic carboxylic acids is 1. The van der Waals surface area contributed by atoms with Crippen molar-refractivity contribution < 1.29 is 14.7 Å². The maximum atomic E-state index is 12.3. The Hall–Kier alpha value is -2.77. The van der Waals surface area contributed by atoms with E-state index in [2.05, 4.69) is 20.7 Å². The number of nitrogens with one attached hydrogen (secondary N) is 1. The molecule has 1 aromatic heterocycles. The van der Waals surface area contributed by atoms with Gasteiger partial charge in [0.1, 0.15) is 6.04 Å². The first-order chi connectivity index (χ1) is 11.5. The van der Waals surface area contributed by atoms with Gasteiger partial charge < -0.3 is 10.4 Å². The number of carbonyl (C=O) groups excluding carboxylic acids is 1. The van der Waals surface area contributed by atoms with Gasteiger partial charge in [0.05, 0.1) is 5.92 Å². The number of carboxylic acid groups (broad SMARTS) is 1. The average molecular weight is 329 g/mol. The number of rotatable bonds is 5. The van der Waals surface area contributed by atoms with Crippen molar-refractivity contribution in [2.45, 2.75) is 38.3 Å². The molecule has 1 saturated carbocycles. The minimum absolute atomic E-state index is 0.113. The molecule has 0 aliphatic heterocycles. The zero-order valence-electron chi connectivity index (χ0n) is 13.3. The van der Waals surface area contributed by atoms with Crippen LogP contribution in [0.5, 0.6) is 0 Å². The quantitative estimate of drug-likeness (QED) is 0.855. The molecule has 0 bridgehead atoms. The molecular formula is C16H19N5O3. The fourth-order valence-corrected chi connectivity index (χ4v) is 2.86. The van der Waals surface area contributed by atoms with Crippen LogP contribution in [0.25, 0.3) is 11.4 Å². The van der Waals surface area contributed by atoms with Crippen molar-refractivity contribution in [1.82, 2.24) is 25.5 Å². The Morgan fingerprint density at radius 3 is 2.71 bits per heavy atom. The first-order valence-electron chi connectivity index (χ1n) is 7.92. The lowest BCUT2D eigenvalue weighted by Crippen LogP contribution is -2.38. The van der Waals surface area contributed by atoms with Crippen LogP contribution in [0.1, 0.15) is 32.2 Å². The van der Waals surface area contributed by atoms with Crippen LogP contribution in [0.3, 0.4) is 0 Å². The van der Waals surface area contributed by atoms with Crippen LogP contribution in [0.15, 0.2) is 30.3 Å². The van der Waals surface area contributed by atoms with E-state index >= 15 is 0 Å². The van der Waals surface area contributed by atoms with Gasteiger partial charge in [-0.1, -0.05) is 30.3 Å². The molecule has 0 saturated heterocycles. The lowest BCUT2D eigenvalue weighted by atomic mass is 10.1. The second-order valence-electron chi connectivity index (χ2n) is 6.03. The maximum absolute atomic E-state index is 12.3. The average Bonchev–Trinajstić information content (AvgIpc) is 3.24. The topological polar surface area (TPSA) is 110 Å². The number of tetrazole rings is 1. The van der Waals surface area contributed by atoms with Crippen molar-refractivity contribution in [3.05, 3.63) is 30.3 Å². The first kappa shape index (κ1) is 16.1. The summed E-state index contributed by atoms with van der Waals surface area (Å²) in [5.74, 6) is -0.949. The molecule has 3 rings (SSSR count). The molecule has 1 aliphatic carbocycles. The molecule has 8 nitrogen and oxygen atoms in total. The summed E-state index contributed by atoms with van der Waals surface area (Å²) in [6.45, 7) is 1.69. The van der Waals surface area contributed by atoms with Gasteiger partial charge in [-0.05, 0) is 31.4 Å².